The SMILES string of the molecule is COCCOCCN1CCC[C@H](C(=O)N(C)C)C1. The molecule has 1 heterocycles. The van der Waals surface area contributed by atoms with Crippen LogP contribution < -0.4 is 0 Å². The summed E-state index contributed by atoms with van der Waals surface area (Å²) < 4.78 is 10.4. The van der Waals surface area contributed by atoms with Gasteiger partial charge in [0, 0.05) is 34.3 Å². The topological polar surface area (TPSA) is 42.0 Å². The largest absolute Gasteiger partial charge is 0.382 e. The van der Waals surface area contributed by atoms with Crippen molar-refractivity contribution in [2.45, 2.75) is 12.8 Å². The lowest BCUT2D eigenvalue weighted by Crippen LogP contribution is -2.43. The number of hydrogen-bond donors (Lipinski definition) is 0. The third-order valence-corrected chi connectivity index (χ3v) is 3.28. The Hall–Kier alpha value is -0.650. The number of rotatable bonds is 7. The Kier molecular flexibility index (Phi) is 7.23. The van der Waals surface area contributed by atoms with Gasteiger partial charge in [0.1, 0.15) is 0 Å². The number of hydrogen-bond acceptors (Lipinski definition) is 4. The summed E-state index contributed by atoms with van der Waals surface area (Å²) in [5.41, 5.74) is 0. The molecule has 0 N–H and O–H groups in total. The van der Waals surface area contributed by atoms with Crippen LogP contribution in [0, 0.1) is 5.92 Å². The van der Waals surface area contributed by atoms with Crippen molar-refractivity contribution in [1.82, 2.24) is 9.80 Å². The molecule has 0 radical (unpaired) electrons. The van der Waals surface area contributed by atoms with Crippen LogP contribution in [0.3, 0.4) is 0 Å². The first kappa shape index (κ1) is 15.4. The number of piperidine rings is 1. The number of methoxy groups -OCH3 is 1. The van der Waals surface area contributed by atoms with Gasteiger partial charge in [-0.1, -0.05) is 0 Å². The molecule has 0 bridgehead atoms. The van der Waals surface area contributed by atoms with Crippen LogP contribution in [0.4, 0.5) is 0 Å². The van der Waals surface area contributed by atoms with Crippen LogP contribution in [0.1, 0.15) is 12.8 Å². The summed E-state index contributed by atoms with van der Waals surface area (Å²) in [4.78, 5) is 15.9. The van der Waals surface area contributed by atoms with Gasteiger partial charge in [0.2, 0.25) is 5.91 Å². The predicted molar refractivity (Wildman–Crippen MR) is 70.6 cm³/mol. The summed E-state index contributed by atoms with van der Waals surface area (Å²) in [6.07, 6.45) is 2.11. The lowest BCUT2D eigenvalue weighted by Gasteiger charge is -2.33. The van der Waals surface area contributed by atoms with Crippen LogP contribution in [0.15, 0.2) is 0 Å². The van der Waals surface area contributed by atoms with Crippen molar-refractivity contribution < 1.29 is 14.3 Å². The zero-order valence-electron chi connectivity index (χ0n) is 11.9. The lowest BCUT2D eigenvalue weighted by molar-refractivity contribution is -0.134. The van der Waals surface area contributed by atoms with E-state index in [1.807, 2.05) is 14.1 Å². The maximum absolute atomic E-state index is 11.9. The standard InChI is InChI=1S/C13H26N2O3/c1-14(2)13(16)12-5-4-6-15(11-12)7-8-18-10-9-17-3/h12H,4-11H2,1-3H3/t12-/m0/s1. The average Bonchev–Trinajstić information content (AvgIpc) is 2.38. The summed E-state index contributed by atoms with van der Waals surface area (Å²) in [6, 6.07) is 0. The van der Waals surface area contributed by atoms with Gasteiger partial charge in [0.15, 0.2) is 0 Å². The molecule has 106 valence electrons. The van der Waals surface area contributed by atoms with Gasteiger partial charge in [0.05, 0.1) is 25.7 Å². The second-order valence-electron chi connectivity index (χ2n) is 4.98. The summed E-state index contributed by atoms with van der Waals surface area (Å²) in [5, 5.41) is 0. The summed E-state index contributed by atoms with van der Waals surface area (Å²) in [6.45, 7) is 4.84. The second kappa shape index (κ2) is 8.45. The molecule has 0 aliphatic carbocycles. The normalized spacial score (nSPS) is 20.9. The zero-order chi connectivity index (χ0) is 13.4. The van der Waals surface area contributed by atoms with Gasteiger partial charge in [-0.2, -0.15) is 0 Å². The van der Waals surface area contributed by atoms with Crippen LogP contribution in [-0.2, 0) is 14.3 Å². The van der Waals surface area contributed by atoms with Crippen molar-refractivity contribution >= 4 is 5.91 Å². The van der Waals surface area contributed by atoms with Crippen molar-refractivity contribution in [3.63, 3.8) is 0 Å². The van der Waals surface area contributed by atoms with Gasteiger partial charge in [-0.15, -0.1) is 0 Å². The van der Waals surface area contributed by atoms with Gasteiger partial charge in [0.25, 0.3) is 0 Å². The number of ether oxygens (including phenoxy) is 2. The highest BCUT2D eigenvalue weighted by atomic mass is 16.5. The molecule has 1 atom stereocenters. The van der Waals surface area contributed by atoms with Gasteiger partial charge in [-0.25, -0.2) is 0 Å². The molecule has 0 unspecified atom stereocenters. The number of carbonyl (C=O) groups is 1. The fourth-order valence-electron chi connectivity index (χ4n) is 2.26. The fourth-order valence-corrected chi connectivity index (χ4v) is 2.26. The van der Waals surface area contributed by atoms with Crippen LogP contribution in [0.25, 0.3) is 0 Å². The minimum absolute atomic E-state index is 0.160. The Bertz CT molecular complexity index is 246. The first-order valence-electron chi connectivity index (χ1n) is 6.65. The Morgan fingerprint density at radius 2 is 2.11 bits per heavy atom. The van der Waals surface area contributed by atoms with Crippen LogP contribution in [0.5, 0.6) is 0 Å². The monoisotopic (exact) mass is 258 g/mol. The summed E-state index contributed by atoms with van der Waals surface area (Å²) in [7, 11) is 5.33. The molecule has 1 aliphatic rings. The highest BCUT2D eigenvalue weighted by Crippen LogP contribution is 2.17. The molecule has 1 fully saturated rings. The summed E-state index contributed by atoms with van der Waals surface area (Å²) >= 11 is 0. The van der Waals surface area contributed by atoms with Crippen molar-refractivity contribution in [3.05, 3.63) is 0 Å². The number of likely N-dealkylation sites (tertiary alicyclic amines) is 1. The number of nitrogens with zero attached hydrogens (tertiary/aromatic N) is 2. The number of amides is 1. The minimum Gasteiger partial charge on any atom is -0.382 e. The maximum atomic E-state index is 11.9. The van der Waals surface area contributed by atoms with E-state index in [1.165, 1.54) is 0 Å². The van der Waals surface area contributed by atoms with E-state index in [2.05, 4.69) is 4.90 Å². The minimum atomic E-state index is 0.160. The molecule has 5 heteroatoms. The average molecular weight is 258 g/mol. The van der Waals surface area contributed by atoms with E-state index in [0.717, 1.165) is 32.5 Å². The van der Waals surface area contributed by atoms with Crippen molar-refractivity contribution in [3.8, 4) is 0 Å². The Labute approximate surface area is 110 Å². The molecule has 1 amide bonds. The van der Waals surface area contributed by atoms with E-state index in [1.54, 1.807) is 12.0 Å². The first-order chi connectivity index (χ1) is 8.65. The van der Waals surface area contributed by atoms with Gasteiger partial charge >= 0.3 is 0 Å². The smallest absolute Gasteiger partial charge is 0.226 e. The van der Waals surface area contributed by atoms with Crippen LogP contribution in [-0.4, -0.2) is 76.4 Å². The van der Waals surface area contributed by atoms with E-state index in [4.69, 9.17) is 9.47 Å². The Balaban J connectivity index is 2.20. The molecule has 0 aromatic heterocycles. The van der Waals surface area contributed by atoms with Crippen molar-refractivity contribution in [2.24, 2.45) is 5.92 Å². The van der Waals surface area contributed by atoms with Crippen molar-refractivity contribution in [1.29, 1.82) is 0 Å². The van der Waals surface area contributed by atoms with E-state index in [0.29, 0.717) is 19.8 Å². The lowest BCUT2D eigenvalue weighted by atomic mass is 9.97. The quantitative estimate of drug-likeness (QED) is 0.622. The third kappa shape index (κ3) is 5.33. The maximum Gasteiger partial charge on any atom is 0.226 e. The molecule has 1 rings (SSSR count). The van der Waals surface area contributed by atoms with E-state index < -0.39 is 0 Å². The van der Waals surface area contributed by atoms with E-state index in [9.17, 15) is 4.79 Å². The molecule has 0 saturated carbocycles. The number of carbonyl (C=O) groups excluding carboxylic acids is 1. The Morgan fingerprint density at radius 1 is 1.33 bits per heavy atom. The fraction of sp³-hybridized carbons (Fsp3) is 0.923. The molecule has 1 aliphatic heterocycles. The molecule has 0 aromatic carbocycles. The highest BCUT2D eigenvalue weighted by Gasteiger charge is 2.26. The summed E-state index contributed by atoms with van der Waals surface area (Å²) in [5.74, 6) is 0.410. The molecule has 0 aromatic rings. The second-order valence-corrected chi connectivity index (χ2v) is 4.98. The molecule has 5 nitrogen and oxygen atoms in total. The van der Waals surface area contributed by atoms with Crippen LogP contribution >= 0.6 is 0 Å². The first-order valence-corrected chi connectivity index (χ1v) is 6.65. The Morgan fingerprint density at radius 3 is 2.78 bits per heavy atom. The predicted octanol–water partition coefficient (Wildman–Crippen LogP) is 0.450. The zero-order valence-corrected chi connectivity index (χ0v) is 11.9. The van der Waals surface area contributed by atoms with Gasteiger partial charge < -0.3 is 19.3 Å². The third-order valence-electron chi connectivity index (χ3n) is 3.28. The van der Waals surface area contributed by atoms with Crippen molar-refractivity contribution in [2.75, 3.05) is 60.7 Å². The van der Waals surface area contributed by atoms with Gasteiger partial charge in [-0.3, -0.25) is 4.79 Å². The molecule has 1 saturated heterocycles. The van der Waals surface area contributed by atoms with Gasteiger partial charge in [-0.05, 0) is 19.4 Å². The van der Waals surface area contributed by atoms with E-state index >= 15 is 0 Å². The van der Waals surface area contributed by atoms with Crippen LogP contribution in [0.2, 0.25) is 0 Å². The van der Waals surface area contributed by atoms with E-state index in [-0.39, 0.29) is 11.8 Å². The highest BCUT2D eigenvalue weighted by molar-refractivity contribution is 5.78. The molecule has 0 spiro atoms. The molecular weight excluding hydrogens is 232 g/mol. The molecular formula is C13H26N2O3. The molecule has 18 heavy (non-hydrogen) atoms.